The van der Waals surface area contributed by atoms with Gasteiger partial charge in [-0.1, -0.05) is 51.3 Å². The quantitative estimate of drug-likeness (QED) is 0.718. The molecule has 4 rings (SSSR count). The number of fused-ring (bicyclic) bond motifs is 3. The Kier molecular flexibility index (Phi) is 6.47. The van der Waals surface area contributed by atoms with Crippen molar-refractivity contribution >= 4 is 11.7 Å². The number of hydrogen-bond acceptors (Lipinski definition) is 4. The number of nitrogens with one attached hydrogen (secondary N) is 1. The van der Waals surface area contributed by atoms with Gasteiger partial charge in [-0.15, -0.1) is 0 Å². The van der Waals surface area contributed by atoms with Crippen molar-refractivity contribution in [2.24, 2.45) is 11.8 Å². The highest BCUT2D eigenvalue weighted by atomic mass is 16.3. The van der Waals surface area contributed by atoms with Crippen molar-refractivity contribution in [2.75, 3.05) is 5.32 Å². The number of aryl methyl sites for hydroxylation is 2. The van der Waals surface area contributed by atoms with Gasteiger partial charge in [0, 0.05) is 12.0 Å². The molecular weight excluding hydrogens is 374 g/mol. The minimum atomic E-state index is 0.0520. The van der Waals surface area contributed by atoms with E-state index in [0.29, 0.717) is 24.1 Å². The standard InChI is InChI=1S/C25H33N3O2/c1-16(2)12-22-25(28-23(30)14-17-6-4-3-5-7-17)27-21-11-9-19-13-18(15-29)8-10-20(19)24(21)26-22/h8,10,13,16-17,29H,3-7,9,11-12,14-15H2,1-2H3,(H,27,28,30). The summed E-state index contributed by atoms with van der Waals surface area (Å²) in [5.41, 5.74) is 6.01. The van der Waals surface area contributed by atoms with Crippen LogP contribution in [0.2, 0.25) is 0 Å². The second-order valence-corrected chi connectivity index (χ2v) is 9.32. The first-order chi connectivity index (χ1) is 14.5. The summed E-state index contributed by atoms with van der Waals surface area (Å²) in [5, 5.41) is 12.6. The molecule has 2 aliphatic rings. The van der Waals surface area contributed by atoms with Crippen LogP contribution in [0.15, 0.2) is 18.2 Å². The van der Waals surface area contributed by atoms with Crippen molar-refractivity contribution in [3.8, 4) is 11.3 Å². The highest BCUT2D eigenvalue weighted by molar-refractivity contribution is 5.90. The molecule has 1 saturated carbocycles. The Hall–Kier alpha value is -2.27. The number of anilines is 1. The predicted molar refractivity (Wildman–Crippen MR) is 119 cm³/mol. The molecule has 30 heavy (non-hydrogen) atoms. The number of aromatic nitrogens is 2. The summed E-state index contributed by atoms with van der Waals surface area (Å²) >= 11 is 0. The lowest BCUT2D eigenvalue weighted by Crippen LogP contribution is -2.22. The summed E-state index contributed by atoms with van der Waals surface area (Å²) in [5.74, 6) is 1.65. The molecule has 1 fully saturated rings. The molecule has 0 atom stereocenters. The van der Waals surface area contributed by atoms with Crippen molar-refractivity contribution in [1.29, 1.82) is 0 Å². The second-order valence-electron chi connectivity index (χ2n) is 9.32. The third kappa shape index (κ3) is 4.72. The zero-order valence-corrected chi connectivity index (χ0v) is 18.2. The molecule has 0 saturated heterocycles. The van der Waals surface area contributed by atoms with Crippen LogP contribution in [0.1, 0.15) is 74.9 Å². The Bertz CT molecular complexity index is 917. The van der Waals surface area contributed by atoms with Crippen molar-refractivity contribution in [2.45, 2.75) is 78.2 Å². The van der Waals surface area contributed by atoms with Crippen LogP contribution < -0.4 is 5.32 Å². The molecule has 1 aromatic heterocycles. The van der Waals surface area contributed by atoms with Gasteiger partial charge in [0.15, 0.2) is 5.82 Å². The topological polar surface area (TPSA) is 75.1 Å². The first-order valence-corrected chi connectivity index (χ1v) is 11.5. The molecule has 2 N–H and O–H groups in total. The molecule has 2 aliphatic carbocycles. The van der Waals surface area contributed by atoms with E-state index in [9.17, 15) is 9.90 Å². The van der Waals surface area contributed by atoms with Gasteiger partial charge in [0.1, 0.15) is 0 Å². The maximum absolute atomic E-state index is 12.8. The lowest BCUT2D eigenvalue weighted by Gasteiger charge is -2.23. The highest BCUT2D eigenvalue weighted by Gasteiger charge is 2.24. The van der Waals surface area contributed by atoms with E-state index < -0.39 is 0 Å². The smallest absolute Gasteiger partial charge is 0.225 e. The van der Waals surface area contributed by atoms with Crippen molar-refractivity contribution < 1.29 is 9.90 Å². The van der Waals surface area contributed by atoms with Gasteiger partial charge in [-0.3, -0.25) is 4.79 Å². The van der Waals surface area contributed by atoms with Crippen LogP contribution in [-0.4, -0.2) is 21.0 Å². The molecule has 1 heterocycles. The monoisotopic (exact) mass is 407 g/mol. The third-order valence-electron chi connectivity index (χ3n) is 6.34. The summed E-state index contributed by atoms with van der Waals surface area (Å²) in [6, 6.07) is 6.08. The summed E-state index contributed by atoms with van der Waals surface area (Å²) < 4.78 is 0. The summed E-state index contributed by atoms with van der Waals surface area (Å²) in [7, 11) is 0. The SMILES string of the molecule is CC(C)Cc1nc2c(nc1NC(=O)CC1CCCCC1)CCc1cc(CO)ccc1-2. The normalized spacial score (nSPS) is 16.3. The maximum Gasteiger partial charge on any atom is 0.225 e. The minimum absolute atomic E-state index is 0.0520. The Balaban J connectivity index is 1.61. The molecule has 0 spiro atoms. The second kappa shape index (κ2) is 9.25. The number of hydrogen-bond donors (Lipinski definition) is 2. The molecule has 5 nitrogen and oxygen atoms in total. The highest BCUT2D eigenvalue weighted by Crippen LogP contribution is 2.34. The van der Waals surface area contributed by atoms with Crippen LogP contribution in [0, 0.1) is 11.8 Å². The number of carbonyl (C=O) groups excluding carboxylic acids is 1. The molecule has 0 bridgehead atoms. The van der Waals surface area contributed by atoms with Crippen LogP contribution in [0.4, 0.5) is 5.82 Å². The number of rotatable bonds is 6. The molecule has 0 radical (unpaired) electrons. The lowest BCUT2D eigenvalue weighted by atomic mass is 9.87. The number of amides is 1. The first kappa shape index (κ1) is 21.0. The summed E-state index contributed by atoms with van der Waals surface area (Å²) in [6.07, 6.45) is 9.16. The van der Waals surface area contributed by atoms with E-state index in [2.05, 4.69) is 25.2 Å². The van der Waals surface area contributed by atoms with Gasteiger partial charge in [-0.2, -0.15) is 0 Å². The third-order valence-corrected chi connectivity index (χ3v) is 6.34. The Morgan fingerprint density at radius 1 is 1.17 bits per heavy atom. The van der Waals surface area contributed by atoms with Gasteiger partial charge in [-0.25, -0.2) is 9.97 Å². The van der Waals surface area contributed by atoms with E-state index in [0.717, 1.165) is 60.3 Å². The molecule has 1 amide bonds. The van der Waals surface area contributed by atoms with E-state index in [1.165, 1.54) is 24.8 Å². The van der Waals surface area contributed by atoms with Crippen molar-refractivity contribution in [1.82, 2.24) is 9.97 Å². The van der Waals surface area contributed by atoms with E-state index >= 15 is 0 Å². The van der Waals surface area contributed by atoms with E-state index in [-0.39, 0.29) is 12.5 Å². The number of carbonyl (C=O) groups is 1. The van der Waals surface area contributed by atoms with Gasteiger partial charge in [0.25, 0.3) is 0 Å². The first-order valence-electron chi connectivity index (χ1n) is 11.5. The van der Waals surface area contributed by atoms with Crippen LogP contribution in [0.5, 0.6) is 0 Å². The molecule has 0 unspecified atom stereocenters. The zero-order valence-electron chi connectivity index (χ0n) is 18.2. The number of nitrogens with zero attached hydrogens (tertiary/aromatic N) is 2. The fourth-order valence-corrected chi connectivity index (χ4v) is 4.80. The van der Waals surface area contributed by atoms with Gasteiger partial charge < -0.3 is 10.4 Å². The molecular formula is C25H33N3O2. The number of aliphatic hydroxyl groups is 1. The number of benzene rings is 1. The predicted octanol–water partition coefficient (Wildman–Crippen LogP) is 4.84. The van der Waals surface area contributed by atoms with Crippen LogP contribution in [0.3, 0.4) is 0 Å². The maximum atomic E-state index is 12.8. The van der Waals surface area contributed by atoms with Crippen molar-refractivity contribution in [3.05, 3.63) is 40.7 Å². The Morgan fingerprint density at radius 3 is 2.70 bits per heavy atom. The fourth-order valence-electron chi connectivity index (χ4n) is 4.80. The molecule has 160 valence electrons. The summed E-state index contributed by atoms with van der Waals surface area (Å²) in [6.45, 7) is 4.38. The van der Waals surface area contributed by atoms with Gasteiger partial charge in [0.05, 0.1) is 23.7 Å². The van der Waals surface area contributed by atoms with Gasteiger partial charge >= 0.3 is 0 Å². The molecule has 5 heteroatoms. The lowest BCUT2D eigenvalue weighted by molar-refractivity contribution is -0.117. The van der Waals surface area contributed by atoms with Gasteiger partial charge in [-0.05, 0) is 55.1 Å². The largest absolute Gasteiger partial charge is 0.392 e. The average molecular weight is 408 g/mol. The van der Waals surface area contributed by atoms with Crippen molar-refractivity contribution in [3.63, 3.8) is 0 Å². The Morgan fingerprint density at radius 2 is 1.97 bits per heavy atom. The van der Waals surface area contributed by atoms with Crippen LogP contribution in [-0.2, 0) is 30.7 Å². The Labute approximate surface area is 179 Å². The van der Waals surface area contributed by atoms with E-state index in [1.54, 1.807) is 0 Å². The van der Waals surface area contributed by atoms with E-state index in [1.807, 2.05) is 12.1 Å². The van der Waals surface area contributed by atoms with Crippen LogP contribution in [0.25, 0.3) is 11.3 Å². The molecule has 1 aromatic carbocycles. The zero-order chi connectivity index (χ0) is 21.1. The minimum Gasteiger partial charge on any atom is -0.392 e. The average Bonchev–Trinajstić information content (AvgIpc) is 2.74. The molecule has 0 aliphatic heterocycles. The number of aliphatic hydroxyl groups excluding tert-OH is 1. The van der Waals surface area contributed by atoms with Gasteiger partial charge in [0.2, 0.25) is 5.91 Å². The molecule has 2 aromatic rings. The fraction of sp³-hybridized carbons (Fsp3) is 0.560. The summed E-state index contributed by atoms with van der Waals surface area (Å²) in [4.78, 5) is 22.7. The van der Waals surface area contributed by atoms with Crippen LogP contribution >= 0.6 is 0 Å². The van der Waals surface area contributed by atoms with E-state index in [4.69, 9.17) is 9.97 Å².